The molecule has 0 saturated heterocycles. The molecular formula is C23H23Cl3N4O3. The molecule has 0 fully saturated rings. The summed E-state index contributed by atoms with van der Waals surface area (Å²) in [6, 6.07) is 12.1. The van der Waals surface area contributed by atoms with Gasteiger partial charge in [-0.3, -0.25) is 9.59 Å². The van der Waals surface area contributed by atoms with Crippen molar-refractivity contribution in [3.8, 4) is 6.07 Å². The van der Waals surface area contributed by atoms with Crippen molar-refractivity contribution in [2.45, 2.75) is 19.8 Å². The summed E-state index contributed by atoms with van der Waals surface area (Å²) in [4.78, 5) is 31.4. The molecule has 7 nitrogen and oxygen atoms in total. The van der Waals surface area contributed by atoms with Crippen LogP contribution in [0.3, 0.4) is 0 Å². The van der Waals surface area contributed by atoms with Gasteiger partial charge < -0.3 is 15.1 Å². The zero-order valence-corrected chi connectivity index (χ0v) is 20.6. The second-order valence-corrected chi connectivity index (χ2v) is 8.62. The van der Waals surface area contributed by atoms with Crippen LogP contribution in [0.15, 0.2) is 41.6 Å². The molecule has 0 spiro atoms. The topological polar surface area (TPSA) is 94.8 Å². The fourth-order valence-electron chi connectivity index (χ4n) is 2.98. The molecule has 2 amide bonds. The number of nitriles is 1. The summed E-state index contributed by atoms with van der Waals surface area (Å²) in [6.07, 6.45) is 0. The van der Waals surface area contributed by atoms with E-state index >= 15 is 0 Å². The van der Waals surface area contributed by atoms with Gasteiger partial charge in [0.15, 0.2) is 6.61 Å². The Kier molecular flexibility index (Phi) is 9.98. The molecule has 174 valence electrons. The third kappa shape index (κ3) is 7.93. The van der Waals surface area contributed by atoms with Gasteiger partial charge in [-0.2, -0.15) is 5.26 Å². The molecule has 0 aliphatic heterocycles. The Morgan fingerprint density at radius 1 is 1.18 bits per heavy atom. The molecule has 2 rings (SSSR count). The third-order valence-electron chi connectivity index (χ3n) is 4.72. The first kappa shape index (κ1) is 26.5. The third-order valence-corrected chi connectivity index (χ3v) is 5.68. The van der Waals surface area contributed by atoms with Crippen LogP contribution < -0.4 is 5.32 Å². The predicted molar refractivity (Wildman–Crippen MR) is 130 cm³/mol. The second-order valence-electron chi connectivity index (χ2n) is 7.36. The number of aryl methyl sites for hydroxylation is 1. The van der Waals surface area contributed by atoms with Gasteiger partial charge in [-0.1, -0.05) is 52.9 Å². The van der Waals surface area contributed by atoms with E-state index in [2.05, 4.69) is 10.5 Å². The van der Waals surface area contributed by atoms with Gasteiger partial charge in [-0.15, -0.1) is 0 Å². The first-order chi connectivity index (χ1) is 15.6. The van der Waals surface area contributed by atoms with E-state index in [1.54, 1.807) is 43.4 Å². The lowest BCUT2D eigenvalue weighted by molar-refractivity contribution is -0.125. The van der Waals surface area contributed by atoms with Gasteiger partial charge >= 0.3 is 0 Å². The Morgan fingerprint density at radius 3 is 2.55 bits per heavy atom. The summed E-state index contributed by atoms with van der Waals surface area (Å²) < 4.78 is 0. The van der Waals surface area contributed by atoms with Crippen LogP contribution in [-0.2, 0) is 9.63 Å². The van der Waals surface area contributed by atoms with Crippen LogP contribution in [0, 0.1) is 18.3 Å². The Labute approximate surface area is 207 Å². The highest BCUT2D eigenvalue weighted by molar-refractivity contribution is 6.42. The number of hydrogen-bond donors (Lipinski definition) is 1. The van der Waals surface area contributed by atoms with Crippen molar-refractivity contribution in [3.05, 3.63) is 68.2 Å². The number of halogens is 3. The molecule has 2 aromatic rings. The number of oxime groups is 1. The van der Waals surface area contributed by atoms with Gasteiger partial charge in [-0.05, 0) is 48.4 Å². The summed E-state index contributed by atoms with van der Waals surface area (Å²) in [5, 5.41) is 16.3. The molecule has 1 atom stereocenters. The monoisotopic (exact) mass is 508 g/mol. The van der Waals surface area contributed by atoms with Gasteiger partial charge in [0.25, 0.3) is 11.8 Å². The van der Waals surface area contributed by atoms with Gasteiger partial charge in [0.1, 0.15) is 6.54 Å². The SMILES string of the molecule is Cc1cc(Cl)cc(C(=O)N(C)C/C(=N/OCC(=O)NCC#N)C(C)c2ccc(Cl)c(Cl)c2)c1. The first-order valence-corrected chi connectivity index (χ1v) is 11.1. The number of carbonyl (C=O) groups is 2. The number of nitrogens with one attached hydrogen (secondary N) is 1. The van der Waals surface area contributed by atoms with Crippen LogP contribution in [0.25, 0.3) is 0 Å². The van der Waals surface area contributed by atoms with Crippen molar-refractivity contribution in [1.82, 2.24) is 10.2 Å². The fraction of sp³-hybridized carbons (Fsp3) is 0.304. The maximum atomic E-state index is 13.0. The molecule has 0 bridgehead atoms. The van der Waals surface area contributed by atoms with Crippen molar-refractivity contribution in [2.75, 3.05) is 26.7 Å². The zero-order valence-electron chi connectivity index (χ0n) is 18.4. The fourth-order valence-corrected chi connectivity index (χ4v) is 3.57. The number of rotatable bonds is 9. The maximum Gasteiger partial charge on any atom is 0.261 e. The Hall–Kier alpha value is -2.79. The molecule has 0 aromatic heterocycles. The lowest BCUT2D eigenvalue weighted by Crippen LogP contribution is -2.34. The second kappa shape index (κ2) is 12.4. The molecule has 0 aliphatic carbocycles. The van der Waals surface area contributed by atoms with Crippen LogP contribution in [-0.4, -0.2) is 49.2 Å². The van der Waals surface area contributed by atoms with E-state index in [1.165, 1.54) is 4.90 Å². The maximum absolute atomic E-state index is 13.0. The summed E-state index contributed by atoms with van der Waals surface area (Å²) in [7, 11) is 1.63. The Bertz CT molecular complexity index is 1080. The largest absolute Gasteiger partial charge is 0.386 e. The summed E-state index contributed by atoms with van der Waals surface area (Å²) >= 11 is 18.3. The highest BCUT2D eigenvalue weighted by Crippen LogP contribution is 2.27. The summed E-state index contributed by atoms with van der Waals surface area (Å²) in [5.41, 5.74) is 2.60. The standard InChI is InChI=1S/C23H23Cl3N4O3/c1-14-8-17(10-18(24)9-14)23(32)30(3)12-21(29-33-13-22(31)28-7-6-27)15(2)16-4-5-19(25)20(26)11-16/h4-5,8-11,15H,7,12-13H2,1-3H3,(H,28,31)/b29-21-. The average molecular weight is 510 g/mol. The lowest BCUT2D eigenvalue weighted by atomic mass is 9.95. The minimum absolute atomic E-state index is 0.117. The van der Waals surface area contributed by atoms with E-state index in [4.69, 9.17) is 44.9 Å². The number of nitrogens with zero attached hydrogens (tertiary/aromatic N) is 3. The van der Waals surface area contributed by atoms with Crippen LogP contribution in [0.2, 0.25) is 15.1 Å². The number of hydrogen-bond acceptors (Lipinski definition) is 5. The molecule has 0 heterocycles. The minimum Gasteiger partial charge on any atom is -0.386 e. The molecule has 1 N–H and O–H groups in total. The summed E-state index contributed by atoms with van der Waals surface area (Å²) in [5.74, 6) is -1.04. The number of amides is 2. The Balaban J connectivity index is 2.25. The van der Waals surface area contributed by atoms with E-state index in [1.807, 2.05) is 19.9 Å². The first-order valence-electron chi connectivity index (χ1n) is 9.92. The predicted octanol–water partition coefficient (Wildman–Crippen LogP) is 4.84. The molecule has 10 heteroatoms. The molecule has 0 saturated carbocycles. The molecule has 0 radical (unpaired) electrons. The molecule has 2 aromatic carbocycles. The van der Waals surface area contributed by atoms with E-state index < -0.39 is 5.91 Å². The smallest absolute Gasteiger partial charge is 0.261 e. The van der Waals surface area contributed by atoms with E-state index in [0.29, 0.717) is 26.3 Å². The molecule has 33 heavy (non-hydrogen) atoms. The van der Waals surface area contributed by atoms with Gasteiger partial charge in [0.05, 0.1) is 28.4 Å². The van der Waals surface area contributed by atoms with Crippen LogP contribution in [0.1, 0.15) is 34.3 Å². The van der Waals surface area contributed by atoms with Crippen molar-refractivity contribution < 1.29 is 14.4 Å². The van der Waals surface area contributed by atoms with Gasteiger partial charge in [0, 0.05) is 23.6 Å². The minimum atomic E-state index is -0.485. The Morgan fingerprint density at radius 2 is 1.91 bits per heavy atom. The lowest BCUT2D eigenvalue weighted by Gasteiger charge is -2.22. The van der Waals surface area contributed by atoms with Crippen LogP contribution in [0.4, 0.5) is 0 Å². The van der Waals surface area contributed by atoms with Gasteiger partial charge in [0.2, 0.25) is 0 Å². The van der Waals surface area contributed by atoms with Crippen molar-refractivity contribution >= 4 is 52.3 Å². The number of benzene rings is 2. The van der Waals surface area contributed by atoms with Crippen molar-refractivity contribution in [1.29, 1.82) is 5.26 Å². The van der Waals surface area contributed by atoms with Crippen molar-refractivity contribution in [3.63, 3.8) is 0 Å². The average Bonchev–Trinajstić information content (AvgIpc) is 2.77. The van der Waals surface area contributed by atoms with E-state index in [-0.39, 0.29) is 31.5 Å². The molecular weight excluding hydrogens is 487 g/mol. The highest BCUT2D eigenvalue weighted by Gasteiger charge is 2.21. The van der Waals surface area contributed by atoms with Crippen molar-refractivity contribution in [2.24, 2.45) is 5.16 Å². The molecule has 1 unspecified atom stereocenters. The summed E-state index contributed by atoms with van der Waals surface area (Å²) in [6.45, 7) is 3.34. The normalized spacial score (nSPS) is 12.0. The van der Waals surface area contributed by atoms with E-state index in [0.717, 1.165) is 11.1 Å². The van der Waals surface area contributed by atoms with E-state index in [9.17, 15) is 9.59 Å². The van der Waals surface area contributed by atoms with Crippen LogP contribution in [0.5, 0.6) is 0 Å². The zero-order chi connectivity index (χ0) is 24.5. The number of carbonyl (C=O) groups excluding carboxylic acids is 2. The van der Waals surface area contributed by atoms with Gasteiger partial charge in [-0.25, -0.2) is 0 Å². The molecule has 0 aliphatic rings. The quantitative estimate of drug-likeness (QED) is 0.297. The van der Waals surface area contributed by atoms with Crippen LogP contribution >= 0.6 is 34.8 Å². The highest BCUT2D eigenvalue weighted by atomic mass is 35.5.